The summed E-state index contributed by atoms with van der Waals surface area (Å²) in [7, 11) is 0. The Morgan fingerprint density at radius 1 is 1.04 bits per heavy atom. The van der Waals surface area contributed by atoms with Crippen molar-refractivity contribution in [2.45, 2.75) is 19.8 Å². The van der Waals surface area contributed by atoms with Crippen LogP contribution in [0.4, 0.5) is 11.5 Å². The topological polar surface area (TPSA) is 58.0 Å². The second kappa shape index (κ2) is 7.94. The van der Waals surface area contributed by atoms with Gasteiger partial charge in [-0.1, -0.05) is 44.2 Å². The van der Waals surface area contributed by atoms with Crippen LogP contribution in [0.2, 0.25) is 0 Å². The van der Waals surface area contributed by atoms with E-state index in [2.05, 4.69) is 58.8 Å². The minimum atomic E-state index is 0. The van der Waals surface area contributed by atoms with E-state index in [1.807, 2.05) is 6.07 Å². The SMILES string of the molecule is CC(C)c1ccc(-c2csc3ncnc(Nc4cccc(O)c4)c23)cc1.Cl. The molecular formula is C21H20ClN3OS. The number of aromatic hydroxyl groups is 1. The lowest BCUT2D eigenvalue weighted by Crippen LogP contribution is -1.95. The smallest absolute Gasteiger partial charge is 0.143 e. The van der Waals surface area contributed by atoms with Gasteiger partial charge in [0.15, 0.2) is 0 Å². The minimum absolute atomic E-state index is 0. The molecule has 2 heterocycles. The van der Waals surface area contributed by atoms with Crippen molar-refractivity contribution in [3.63, 3.8) is 0 Å². The third-order valence-electron chi connectivity index (χ3n) is 4.37. The molecule has 0 amide bonds. The van der Waals surface area contributed by atoms with Gasteiger partial charge in [-0.05, 0) is 29.2 Å². The molecule has 27 heavy (non-hydrogen) atoms. The Labute approximate surface area is 168 Å². The molecule has 0 saturated heterocycles. The zero-order valence-corrected chi connectivity index (χ0v) is 16.6. The van der Waals surface area contributed by atoms with Gasteiger partial charge < -0.3 is 10.4 Å². The van der Waals surface area contributed by atoms with Crippen LogP contribution in [-0.4, -0.2) is 15.1 Å². The molecule has 4 aromatic rings. The van der Waals surface area contributed by atoms with E-state index >= 15 is 0 Å². The Bertz CT molecular complexity index is 1060. The van der Waals surface area contributed by atoms with Crippen LogP contribution in [-0.2, 0) is 0 Å². The fourth-order valence-corrected chi connectivity index (χ4v) is 3.87. The van der Waals surface area contributed by atoms with Gasteiger partial charge in [-0.25, -0.2) is 9.97 Å². The monoisotopic (exact) mass is 397 g/mol. The molecule has 0 atom stereocenters. The first-order valence-corrected chi connectivity index (χ1v) is 9.38. The summed E-state index contributed by atoms with van der Waals surface area (Å²) in [5.41, 5.74) is 4.37. The molecule has 0 fully saturated rings. The fourth-order valence-electron chi connectivity index (χ4n) is 2.95. The van der Waals surface area contributed by atoms with E-state index in [0.29, 0.717) is 5.92 Å². The second-order valence-corrected chi connectivity index (χ2v) is 7.36. The summed E-state index contributed by atoms with van der Waals surface area (Å²) in [6.45, 7) is 4.39. The molecule has 0 bridgehead atoms. The maximum Gasteiger partial charge on any atom is 0.143 e. The maximum absolute atomic E-state index is 9.70. The van der Waals surface area contributed by atoms with Gasteiger partial charge >= 0.3 is 0 Å². The van der Waals surface area contributed by atoms with Gasteiger partial charge in [0.1, 0.15) is 22.7 Å². The summed E-state index contributed by atoms with van der Waals surface area (Å²) < 4.78 is 0. The van der Waals surface area contributed by atoms with E-state index in [0.717, 1.165) is 32.8 Å². The number of hydrogen-bond acceptors (Lipinski definition) is 5. The van der Waals surface area contributed by atoms with Crippen LogP contribution < -0.4 is 5.32 Å². The van der Waals surface area contributed by atoms with Crippen LogP contribution in [0.15, 0.2) is 60.2 Å². The fraction of sp³-hybridized carbons (Fsp3) is 0.143. The molecule has 2 N–H and O–H groups in total. The second-order valence-electron chi connectivity index (χ2n) is 6.50. The molecule has 0 aliphatic rings. The number of anilines is 2. The molecule has 0 aliphatic carbocycles. The third-order valence-corrected chi connectivity index (χ3v) is 5.25. The van der Waals surface area contributed by atoms with E-state index in [9.17, 15) is 5.11 Å². The molecule has 0 radical (unpaired) electrons. The van der Waals surface area contributed by atoms with Crippen molar-refractivity contribution < 1.29 is 5.11 Å². The summed E-state index contributed by atoms with van der Waals surface area (Å²) >= 11 is 1.61. The average Bonchev–Trinajstić information content (AvgIpc) is 3.07. The number of fused-ring (bicyclic) bond motifs is 1. The highest BCUT2D eigenvalue weighted by Crippen LogP contribution is 2.38. The van der Waals surface area contributed by atoms with Gasteiger partial charge in [-0.3, -0.25) is 0 Å². The van der Waals surface area contributed by atoms with Crippen LogP contribution in [0, 0.1) is 0 Å². The Morgan fingerprint density at radius 3 is 2.52 bits per heavy atom. The largest absolute Gasteiger partial charge is 0.508 e. The lowest BCUT2D eigenvalue weighted by atomic mass is 9.99. The molecule has 6 heteroatoms. The summed E-state index contributed by atoms with van der Waals surface area (Å²) in [5, 5.41) is 16.1. The average molecular weight is 398 g/mol. The van der Waals surface area contributed by atoms with E-state index < -0.39 is 0 Å². The number of thiophene rings is 1. The van der Waals surface area contributed by atoms with Crippen molar-refractivity contribution in [1.29, 1.82) is 0 Å². The van der Waals surface area contributed by atoms with Crippen LogP contribution in [0.5, 0.6) is 5.75 Å². The predicted molar refractivity (Wildman–Crippen MR) is 116 cm³/mol. The van der Waals surface area contributed by atoms with Gasteiger partial charge in [-0.2, -0.15) is 0 Å². The number of halogens is 1. The molecule has 2 aromatic heterocycles. The lowest BCUT2D eigenvalue weighted by Gasteiger charge is -2.10. The molecule has 0 aliphatic heterocycles. The van der Waals surface area contributed by atoms with E-state index in [-0.39, 0.29) is 18.2 Å². The molecule has 4 nitrogen and oxygen atoms in total. The molecule has 138 valence electrons. The van der Waals surface area contributed by atoms with Crippen molar-refractivity contribution in [3.8, 4) is 16.9 Å². The number of nitrogens with one attached hydrogen (secondary N) is 1. The van der Waals surface area contributed by atoms with E-state index in [4.69, 9.17) is 0 Å². The quantitative estimate of drug-likeness (QED) is 0.421. The van der Waals surface area contributed by atoms with Gasteiger partial charge in [0.2, 0.25) is 0 Å². The zero-order valence-electron chi connectivity index (χ0n) is 15.0. The van der Waals surface area contributed by atoms with Crippen LogP contribution in [0.3, 0.4) is 0 Å². The first kappa shape index (κ1) is 19.1. The lowest BCUT2D eigenvalue weighted by molar-refractivity contribution is 0.475. The van der Waals surface area contributed by atoms with Crippen LogP contribution in [0.1, 0.15) is 25.3 Å². The standard InChI is InChI=1S/C21H19N3OS.ClH/c1-13(2)14-6-8-15(9-7-14)18-11-26-21-19(18)20(22-12-23-21)24-16-4-3-5-17(25)10-16;/h3-13,25H,1-2H3,(H,22,23,24);1H. The van der Waals surface area contributed by atoms with E-state index in [1.165, 1.54) is 5.56 Å². The van der Waals surface area contributed by atoms with Crippen molar-refractivity contribution >= 4 is 45.5 Å². The Morgan fingerprint density at radius 2 is 1.81 bits per heavy atom. The first-order chi connectivity index (χ1) is 12.6. The van der Waals surface area contributed by atoms with Crippen LogP contribution >= 0.6 is 23.7 Å². The zero-order chi connectivity index (χ0) is 18.1. The number of phenols is 1. The van der Waals surface area contributed by atoms with E-state index in [1.54, 1.807) is 35.9 Å². The minimum Gasteiger partial charge on any atom is -0.508 e. The molecular weight excluding hydrogens is 378 g/mol. The Hall–Kier alpha value is -2.63. The molecule has 4 rings (SSSR count). The number of aromatic nitrogens is 2. The summed E-state index contributed by atoms with van der Waals surface area (Å²) in [6, 6.07) is 15.7. The highest BCUT2D eigenvalue weighted by molar-refractivity contribution is 7.17. The van der Waals surface area contributed by atoms with Gasteiger partial charge in [0.25, 0.3) is 0 Å². The van der Waals surface area contributed by atoms with Crippen molar-refractivity contribution in [1.82, 2.24) is 9.97 Å². The van der Waals surface area contributed by atoms with Crippen LogP contribution in [0.25, 0.3) is 21.3 Å². The number of benzene rings is 2. The number of nitrogens with zero attached hydrogens (tertiary/aromatic N) is 2. The number of phenolic OH excluding ortho intramolecular Hbond substituents is 1. The highest BCUT2D eigenvalue weighted by atomic mass is 35.5. The first-order valence-electron chi connectivity index (χ1n) is 8.50. The van der Waals surface area contributed by atoms with Crippen molar-refractivity contribution in [2.24, 2.45) is 0 Å². The summed E-state index contributed by atoms with van der Waals surface area (Å²) in [6.07, 6.45) is 1.57. The molecule has 2 aromatic carbocycles. The summed E-state index contributed by atoms with van der Waals surface area (Å²) in [5.74, 6) is 1.47. The van der Waals surface area contributed by atoms with Crippen molar-refractivity contribution in [2.75, 3.05) is 5.32 Å². The van der Waals surface area contributed by atoms with Gasteiger partial charge in [-0.15, -0.1) is 23.7 Å². The third kappa shape index (κ3) is 3.89. The van der Waals surface area contributed by atoms with Gasteiger partial charge in [0.05, 0.1) is 5.39 Å². The maximum atomic E-state index is 9.70. The molecule has 0 unspecified atom stereocenters. The van der Waals surface area contributed by atoms with Crippen molar-refractivity contribution in [3.05, 3.63) is 65.8 Å². The Kier molecular flexibility index (Phi) is 5.63. The molecule has 0 spiro atoms. The normalized spacial score (nSPS) is 10.8. The highest BCUT2D eigenvalue weighted by Gasteiger charge is 2.14. The number of rotatable bonds is 4. The number of hydrogen-bond donors (Lipinski definition) is 2. The summed E-state index contributed by atoms with van der Waals surface area (Å²) in [4.78, 5) is 9.79. The van der Waals surface area contributed by atoms with Gasteiger partial charge in [0, 0.05) is 22.7 Å². The molecule has 0 saturated carbocycles. The Balaban J connectivity index is 0.00000210. The predicted octanol–water partition coefficient (Wildman–Crippen LogP) is 6.35.